The SMILES string of the molecule is CCCCCCCCCCCCC(C)[13c]1[13cH][13cH][13c](S(=O)(=O)O)[13cH][13cH]1. The molecule has 0 amide bonds. The summed E-state index contributed by atoms with van der Waals surface area (Å²) in [5.74, 6) is 0.425. The van der Waals surface area contributed by atoms with Gasteiger partial charge >= 0.3 is 0 Å². The first-order valence-electron chi connectivity index (χ1n) is 9.52. The number of unbranched alkanes of at least 4 members (excludes halogenated alkanes) is 9. The zero-order valence-corrected chi connectivity index (χ0v) is 16.2. The summed E-state index contributed by atoms with van der Waals surface area (Å²) in [5, 5.41) is 0. The summed E-state index contributed by atoms with van der Waals surface area (Å²) in [6.07, 6.45) is 14.5. The van der Waals surface area contributed by atoms with Crippen molar-refractivity contribution in [2.45, 2.75) is 95.3 Å². The summed E-state index contributed by atoms with van der Waals surface area (Å²) in [5.41, 5.74) is 1.14. The molecule has 1 atom stereocenters. The lowest BCUT2D eigenvalue weighted by Crippen LogP contribution is -1.99. The highest BCUT2D eigenvalue weighted by molar-refractivity contribution is 7.85. The van der Waals surface area contributed by atoms with Crippen LogP contribution in [0.1, 0.15) is 96.0 Å². The van der Waals surface area contributed by atoms with Gasteiger partial charge in [0.05, 0.1) is 4.90 Å². The molecule has 0 radical (unpaired) electrons. The van der Waals surface area contributed by atoms with Gasteiger partial charge < -0.3 is 0 Å². The maximum absolute atomic E-state index is 11.0. The molecular weight excluding hydrogens is 326 g/mol. The predicted octanol–water partition coefficient (Wildman–Crippen LogP) is 6.35. The van der Waals surface area contributed by atoms with E-state index in [0.29, 0.717) is 5.92 Å². The molecular formula is C20H34O3S. The highest BCUT2D eigenvalue weighted by Gasteiger charge is 2.10. The topological polar surface area (TPSA) is 54.4 Å². The average molecular weight is 361 g/mol. The van der Waals surface area contributed by atoms with E-state index in [9.17, 15) is 8.42 Å². The molecule has 4 heteroatoms. The van der Waals surface area contributed by atoms with Crippen LogP contribution in [-0.4, -0.2) is 13.0 Å². The second kappa shape index (κ2) is 11.6. The Morgan fingerprint density at radius 3 is 1.75 bits per heavy atom. The van der Waals surface area contributed by atoms with Gasteiger partial charge in [-0.15, -0.1) is 0 Å². The van der Waals surface area contributed by atoms with Gasteiger partial charge in [0, 0.05) is 0 Å². The van der Waals surface area contributed by atoms with E-state index in [0.717, 1.165) is 12.0 Å². The Balaban J connectivity index is 2.13. The van der Waals surface area contributed by atoms with Crippen molar-refractivity contribution in [1.82, 2.24) is 0 Å². The van der Waals surface area contributed by atoms with Crippen LogP contribution in [0.15, 0.2) is 29.2 Å². The van der Waals surface area contributed by atoms with Gasteiger partial charge in [0.2, 0.25) is 0 Å². The van der Waals surface area contributed by atoms with Crippen LogP contribution in [0.25, 0.3) is 0 Å². The molecule has 0 aliphatic heterocycles. The van der Waals surface area contributed by atoms with E-state index in [1.165, 1.54) is 76.3 Å². The Hall–Kier alpha value is -0.870. The normalized spacial score (nSPS) is 13.1. The minimum absolute atomic E-state index is 0.0302. The molecule has 1 aromatic rings. The maximum Gasteiger partial charge on any atom is 0.294 e. The predicted molar refractivity (Wildman–Crippen MR) is 101 cm³/mol. The van der Waals surface area contributed by atoms with Gasteiger partial charge in [0.1, 0.15) is 0 Å². The van der Waals surface area contributed by atoms with Crippen LogP contribution in [0.2, 0.25) is 0 Å². The van der Waals surface area contributed by atoms with E-state index in [1.807, 2.05) is 12.1 Å². The average Bonchev–Trinajstić information content (AvgIpc) is 2.55. The van der Waals surface area contributed by atoms with Crippen LogP contribution in [0.4, 0.5) is 0 Å². The minimum atomic E-state index is -4.08. The molecule has 24 heavy (non-hydrogen) atoms. The molecule has 1 rings (SSSR count). The largest absolute Gasteiger partial charge is 0.294 e. The Labute approximate surface area is 148 Å². The monoisotopic (exact) mass is 360 g/mol. The molecule has 0 heterocycles. The Morgan fingerprint density at radius 1 is 0.833 bits per heavy atom. The van der Waals surface area contributed by atoms with Gasteiger partial charge in [-0.05, 0) is 30.0 Å². The van der Waals surface area contributed by atoms with Gasteiger partial charge in [-0.25, -0.2) is 0 Å². The number of benzene rings is 1. The molecule has 1 N–H and O–H groups in total. The first-order valence-corrected chi connectivity index (χ1v) is 11.0. The molecule has 138 valence electrons. The molecule has 0 aromatic heterocycles. The van der Waals surface area contributed by atoms with Crippen LogP contribution in [0, 0.1) is 0 Å². The van der Waals surface area contributed by atoms with Gasteiger partial charge in [0.25, 0.3) is 10.1 Å². The van der Waals surface area contributed by atoms with Crippen LogP contribution in [0.5, 0.6) is 0 Å². The summed E-state index contributed by atoms with van der Waals surface area (Å²) in [7, 11) is -4.08. The van der Waals surface area contributed by atoms with Crippen molar-refractivity contribution >= 4 is 10.1 Å². The van der Waals surface area contributed by atoms with Crippen molar-refractivity contribution in [3.63, 3.8) is 0 Å². The standard InChI is InChI=1S/C20H34O3S/c1-3-4-5-6-7-8-9-10-11-12-13-18(2)19-14-16-20(17-15-19)24(21,22)23/h14-18H,3-13H2,1-2H3,(H,21,22,23)/i14+1,15+1,16+1,17+1,19+1,20+1. The lowest BCUT2D eigenvalue weighted by atomic mass is 10.0. The molecule has 0 spiro atoms. The zero-order valence-electron chi connectivity index (χ0n) is 15.3. The van der Waals surface area contributed by atoms with E-state index in [4.69, 9.17) is 4.55 Å². The highest BCUT2D eigenvalue weighted by atomic mass is 32.2. The fraction of sp³-hybridized carbons (Fsp3) is 0.700. The van der Waals surface area contributed by atoms with Gasteiger partial charge in [-0.2, -0.15) is 8.42 Å². The van der Waals surface area contributed by atoms with E-state index in [2.05, 4.69) is 13.8 Å². The van der Waals surface area contributed by atoms with E-state index >= 15 is 0 Å². The summed E-state index contributed by atoms with van der Waals surface area (Å²) in [6.45, 7) is 4.43. The van der Waals surface area contributed by atoms with Crippen LogP contribution in [0.3, 0.4) is 0 Å². The van der Waals surface area contributed by atoms with Crippen LogP contribution in [-0.2, 0) is 10.1 Å². The highest BCUT2D eigenvalue weighted by Crippen LogP contribution is 2.23. The number of hydrogen-bond acceptors (Lipinski definition) is 2. The zero-order chi connectivity index (χ0) is 17.8. The maximum atomic E-state index is 11.0. The summed E-state index contributed by atoms with van der Waals surface area (Å²) in [4.78, 5) is -0.0302. The summed E-state index contributed by atoms with van der Waals surface area (Å²) < 4.78 is 31.1. The molecule has 1 aromatic carbocycles. The third-order valence-corrected chi connectivity index (χ3v) is 5.61. The molecule has 0 bridgehead atoms. The smallest absolute Gasteiger partial charge is 0.282 e. The first kappa shape index (κ1) is 21.2. The molecule has 3 nitrogen and oxygen atoms in total. The van der Waals surface area contributed by atoms with Crippen molar-refractivity contribution in [3.05, 3.63) is 29.8 Å². The molecule has 0 saturated heterocycles. The van der Waals surface area contributed by atoms with Crippen molar-refractivity contribution in [2.75, 3.05) is 0 Å². The Kier molecular flexibility index (Phi) is 10.3. The minimum Gasteiger partial charge on any atom is -0.282 e. The van der Waals surface area contributed by atoms with Crippen LogP contribution < -0.4 is 0 Å². The second-order valence-electron chi connectivity index (χ2n) is 6.92. The first-order chi connectivity index (χ1) is 11.4. The molecule has 0 aliphatic carbocycles. The quantitative estimate of drug-likeness (QED) is 0.329. The molecule has 0 fully saturated rings. The van der Waals surface area contributed by atoms with E-state index in [1.54, 1.807) is 0 Å². The van der Waals surface area contributed by atoms with Gasteiger partial charge in [-0.1, -0.05) is 90.2 Å². The Bertz CT molecular complexity index is 535. The number of rotatable bonds is 13. The second-order valence-corrected chi connectivity index (χ2v) is 8.34. The molecule has 0 aliphatic rings. The summed E-state index contributed by atoms with van der Waals surface area (Å²) >= 11 is 0. The van der Waals surface area contributed by atoms with Crippen molar-refractivity contribution in [1.29, 1.82) is 0 Å². The van der Waals surface area contributed by atoms with Crippen molar-refractivity contribution < 1.29 is 13.0 Å². The third kappa shape index (κ3) is 8.84. The fourth-order valence-electron chi connectivity index (χ4n) is 3.07. The van der Waals surface area contributed by atoms with Crippen molar-refractivity contribution in [2.24, 2.45) is 0 Å². The molecule has 0 saturated carbocycles. The Morgan fingerprint density at radius 2 is 1.29 bits per heavy atom. The van der Waals surface area contributed by atoms with E-state index < -0.39 is 10.1 Å². The fourth-order valence-corrected chi connectivity index (χ4v) is 3.55. The van der Waals surface area contributed by atoms with Gasteiger partial charge in [0.15, 0.2) is 0 Å². The van der Waals surface area contributed by atoms with Crippen molar-refractivity contribution in [3.8, 4) is 0 Å². The lowest BCUT2D eigenvalue weighted by Gasteiger charge is -2.12. The van der Waals surface area contributed by atoms with E-state index in [-0.39, 0.29) is 4.90 Å². The summed E-state index contributed by atoms with van der Waals surface area (Å²) in [6, 6.07) is 6.59. The van der Waals surface area contributed by atoms with Gasteiger partial charge in [-0.3, -0.25) is 4.55 Å². The molecule has 1 unspecified atom stereocenters. The number of hydrogen-bond donors (Lipinski definition) is 1. The third-order valence-electron chi connectivity index (χ3n) is 4.74. The van der Waals surface area contributed by atoms with Crippen LogP contribution >= 0.6 is 0 Å². The lowest BCUT2D eigenvalue weighted by molar-refractivity contribution is 0.483.